The molecule has 0 aromatic rings. The lowest BCUT2D eigenvalue weighted by Crippen LogP contribution is -2.61. The number of rotatable bonds is 8. The summed E-state index contributed by atoms with van der Waals surface area (Å²) >= 11 is 0. The van der Waals surface area contributed by atoms with Gasteiger partial charge in [0.2, 0.25) is 0 Å². The van der Waals surface area contributed by atoms with Gasteiger partial charge < -0.3 is 17.1 Å². The first-order valence-corrected chi connectivity index (χ1v) is 16.9. The summed E-state index contributed by atoms with van der Waals surface area (Å²) in [7, 11) is -3.08. The topological polar surface area (TPSA) is 36.9 Å². The zero-order valence-electron chi connectivity index (χ0n) is 15.9. The van der Waals surface area contributed by atoms with Crippen LogP contribution >= 0.6 is 0 Å². The van der Waals surface area contributed by atoms with E-state index in [9.17, 15) is 0 Å². The van der Waals surface area contributed by atoms with E-state index in [4.69, 9.17) is 17.1 Å². The molecule has 7 heteroatoms. The molecule has 0 unspecified atom stereocenters. The lowest BCUT2D eigenvalue weighted by molar-refractivity contribution is 0.222. The predicted octanol–water partition coefficient (Wildman–Crippen LogP) is 5.05. The van der Waals surface area contributed by atoms with Crippen LogP contribution in [-0.4, -0.2) is 39.9 Å². The van der Waals surface area contributed by atoms with E-state index in [1.807, 2.05) is 0 Å². The molecule has 2 saturated carbocycles. The van der Waals surface area contributed by atoms with Gasteiger partial charge in [0.1, 0.15) is 0 Å². The predicted molar refractivity (Wildman–Crippen MR) is 101 cm³/mol. The Hall–Kier alpha value is 0.491. The fourth-order valence-electron chi connectivity index (χ4n) is 4.20. The van der Waals surface area contributed by atoms with Crippen LogP contribution in [0, 0.1) is 0 Å². The quantitative estimate of drug-likeness (QED) is 0.556. The fourth-order valence-corrected chi connectivity index (χ4v) is 17.3. The van der Waals surface area contributed by atoms with Gasteiger partial charge in [0.05, 0.1) is 0 Å². The number of hydrogen-bond donors (Lipinski definition) is 0. The Bertz CT molecular complexity index is 342. The van der Waals surface area contributed by atoms with Gasteiger partial charge in [-0.3, -0.25) is 0 Å². The van der Waals surface area contributed by atoms with Crippen molar-refractivity contribution in [2.75, 3.05) is 14.2 Å². The Kier molecular flexibility index (Phi) is 6.72. The first-order valence-electron chi connectivity index (χ1n) is 9.25. The van der Waals surface area contributed by atoms with Gasteiger partial charge in [-0.2, -0.15) is 0 Å². The lowest BCUT2D eigenvalue weighted by Gasteiger charge is -2.47. The third kappa shape index (κ3) is 4.77. The molecule has 0 aromatic carbocycles. The highest BCUT2D eigenvalue weighted by Crippen LogP contribution is 2.52. The van der Waals surface area contributed by atoms with Crippen LogP contribution in [0.4, 0.5) is 0 Å². The summed E-state index contributed by atoms with van der Waals surface area (Å²) in [5, 5.41) is 0. The van der Waals surface area contributed by atoms with Gasteiger partial charge in [0, 0.05) is 25.3 Å². The molecule has 0 bridgehead atoms. The average molecular weight is 377 g/mol. The van der Waals surface area contributed by atoms with Crippen LogP contribution in [0.1, 0.15) is 51.4 Å². The summed E-state index contributed by atoms with van der Waals surface area (Å²) in [6.45, 7) is 8.68. The van der Waals surface area contributed by atoms with Crippen molar-refractivity contribution in [3.05, 3.63) is 0 Å². The normalized spacial score (nSPS) is 22.2. The molecule has 4 nitrogen and oxygen atoms in total. The summed E-state index contributed by atoms with van der Waals surface area (Å²) in [5.74, 6) is 0. The van der Waals surface area contributed by atoms with Gasteiger partial charge in [0.25, 0.3) is 0 Å². The smallest absolute Gasteiger partial charge is 0.327 e. The second kappa shape index (κ2) is 7.80. The highest BCUT2D eigenvalue weighted by atomic mass is 28.5. The highest BCUT2D eigenvalue weighted by Gasteiger charge is 2.58. The Morgan fingerprint density at radius 2 is 0.913 bits per heavy atom. The van der Waals surface area contributed by atoms with E-state index >= 15 is 0 Å². The van der Waals surface area contributed by atoms with Crippen molar-refractivity contribution in [3.63, 3.8) is 0 Å². The van der Waals surface area contributed by atoms with Crippen molar-refractivity contribution in [3.8, 4) is 0 Å². The standard InChI is InChI=1S/C16H36O4Si3/c1-17-21(3,4)19-23(15-11-7-8-12-15,16-13-9-10-14-16)20-22(5,6)18-2/h15-16H,7-14H2,1-6H3. The van der Waals surface area contributed by atoms with Gasteiger partial charge in [-0.1, -0.05) is 25.7 Å². The summed E-state index contributed by atoms with van der Waals surface area (Å²) < 4.78 is 25.5. The third-order valence-electron chi connectivity index (χ3n) is 5.64. The zero-order chi connectivity index (χ0) is 17.1. The van der Waals surface area contributed by atoms with E-state index in [-0.39, 0.29) is 0 Å². The van der Waals surface area contributed by atoms with Crippen molar-refractivity contribution in [2.45, 2.75) is 88.6 Å². The Morgan fingerprint density at radius 1 is 0.609 bits per heavy atom. The van der Waals surface area contributed by atoms with E-state index in [0.717, 1.165) is 0 Å². The molecule has 2 rings (SSSR count). The maximum absolute atomic E-state index is 6.97. The summed E-state index contributed by atoms with van der Waals surface area (Å²) in [4.78, 5) is 0. The summed E-state index contributed by atoms with van der Waals surface area (Å²) in [5.41, 5.74) is 1.24. The lowest BCUT2D eigenvalue weighted by atomic mass is 10.3. The van der Waals surface area contributed by atoms with Gasteiger partial charge in [0.15, 0.2) is 0 Å². The Labute approximate surface area is 146 Å². The molecule has 0 N–H and O–H groups in total. The van der Waals surface area contributed by atoms with Crippen LogP contribution in [0.5, 0.6) is 0 Å². The third-order valence-corrected chi connectivity index (χ3v) is 17.5. The first-order chi connectivity index (χ1) is 10.7. The monoisotopic (exact) mass is 376 g/mol. The largest absolute Gasteiger partial charge is 0.415 e. The molecule has 23 heavy (non-hydrogen) atoms. The van der Waals surface area contributed by atoms with Crippen molar-refractivity contribution in [2.24, 2.45) is 0 Å². The summed E-state index contributed by atoms with van der Waals surface area (Å²) in [6.07, 6.45) is 10.4. The van der Waals surface area contributed by atoms with Crippen molar-refractivity contribution >= 4 is 25.7 Å². The van der Waals surface area contributed by atoms with Crippen LogP contribution in [-0.2, 0) is 17.1 Å². The van der Waals surface area contributed by atoms with Gasteiger partial charge in [-0.15, -0.1) is 0 Å². The van der Waals surface area contributed by atoms with Gasteiger partial charge in [-0.25, -0.2) is 0 Å². The van der Waals surface area contributed by atoms with E-state index in [1.165, 1.54) is 51.4 Å². The summed E-state index contributed by atoms with van der Waals surface area (Å²) in [6, 6.07) is 0. The maximum atomic E-state index is 6.97. The molecule has 0 radical (unpaired) electrons. The van der Waals surface area contributed by atoms with E-state index in [2.05, 4.69) is 26.2 Å². The van der Waals surface area contributed by atoms with Crippen LogP contribution in [0.25, 0.3) is 0 Å². The molecule has 2 fully saturated rings. The fraction of sp³-hybridized carbons (Fsp3) is 1.00. The van der Waals surface area contributed by atoms with Crippen LogP contribution in [0.3, 0.4) is 0 Å². The van der Waals surface area contributed by atoms with Crippen LogP contribution in [0.15, 0.2) is 0 Å². The van der Waals surface area contributed by atoms with Crippen molar-refractivity contribution in [1.82, 2.24) is 0 Å². The molecule has 0 amide bonds. The molecule has 0 spiro atoms. The Morgan fingerprint density at radius 3 is 1.17 bits per heavy atom. The molecule has 0 heterocycles. The van der Waals surface area contributed by atoms with Gasteiger partial charge >= 0.3 is 25.7 Å². The minimum Gasteiger partial charge on any atom is -0.415 e. The molecule has 2 aliphatic rings. The Balaban J connectivity index is 2.38. The zero-order valence-corrected chi connectivity index (χ0v) is 18.9. The second-order valence-electron chi connectivity index (χ2n) is 8.10. The molecule has 0 saturated heterocycles. The number of hydrogen-bond acceptors (Lipinski definition) is 4. The second-order valence-corrected chi connectivity index (χ2v) is 19.2. The molecular weight excluding hydrogens is 340 g/mol. The molecule has 0 atom stereocenters. The van der Waals surface area contributed by atoms with Crippen LogP contribution < -0.4 is 0 Å². The van der Waals surface area contributed by atoms with Crippen molar-refractivity contribution in [1.29, 1.82) is 0 Å². The minimum absolute atomic E-state index is 0.620. The van der Waals surface area contributed by atoms with Crippen molar-refractivity contribution < 1.29 is 17.1 Å². The van der Waals surface area contributed by atoms with Crippen LogP contribution in [0.2, 0.25) is 37.3 Å². The molecule has 0 aromatic heterocycles. The van der Waals surface area contributed by atoms with E-state index in [1.54, 1.807) is 14.2 Å². The maximum Gasteiger partial charge on any atom is 0.327 e. The molecular formula is C16H36O4Si3. The highest BCUT2D eigenvalue weighted by molar-refractivity contribution is 6.87. The van der Waals surface area contributed by atoms with E-state index in [0.29, 0.717) is 11.1 Å². The first kappa shape index (κ1) is 19.8. The SMILES string of the molecule is CO[Si](C)(C)O[Si](O[Si](C)(C)OC)(C1CCCC1)C1CCCC1. The van der Waals surface area contributed by atoms with Gasteiger partial charge in [-0.05, 0) is 51.9 Å². The molecule has 136 valence electrons. The average Bonchev–Trinajstić information content (AvgIpc) is 3.19. The molecule has 2 aliphatic carbocycles. The van der Waals surface area contributed by atoms with E-state index < -0.39 is 25.7 Å². The minimum atomic E-state index is -2.37. The molecule has 0 aliphatic heterocycles.